The van der Waals surface area contributed by atoms with E-state index in [9.17, 15) is 9.90 Å². The van der Waals surface area contributed by atoms with E-state index in [1.165, 1.54) is 6.26 Å². The van der Waals surface area contributed by atoms with E-state index >= 15 is 0 Å². The van der Waals surface area contributed by atoms with Crippen LogP contribution in [-0.2, 0) is 0 Å². The Morgan fingerprint density at radius 1 is 1.02 bits per heavy atom. The number of anilines is 3. The second kappa shape index (κ2) is 13.6. The third-order valence-corrected chi connectivity index (χ3v) is 7.07. The third kappa shape index (κ3) is 7.27. The molecule has 0 aliphatic carbocycles. The monoisotopic (exact) mass is 590 g/mol. The van der Waals surface area contributed by atoms with Gasteiger partial charge in [-0.05, 0) is 30.3 Å². The second-order valence-corrected chi connectivity index (χ2v) is 10.5. The molecule has 12 nitrogen and oxygen atoms in total. The van der Waals surface area contributed by atoms with Crippen molar-refractivity contribution in [1.29, 1.82) is 0 Å². The van der Waals surface area contributed by atoms with Crippen LogP contribution in [0.5, 0.6) is 17.2 Å². The van der Waals surface area contributed by atoms with Crippen molar-refractivity contribution < 1.29 is 28.5 Å². The minimum absolute atomic E-state index is 0.130. The van der Waals surface area contributed by atoms with Gasteiger partial charge < -0.3 is 44.2 Å². The maximum Gasteiger partial charge on any atom is 0.289 e. The summed E-state index contributed by atoms with van der Waals surface area (Å²) in [4.78, 5) is 26.4. The number of piperazine rings is 1. The van der Waals surface area contributed by atoms with Gasteiger partial charge in [-0.3, -0.25) is 4.79 Å². The smallest absolute Gasteiger partial charge is 0.289 e. The van der Waals surface area contributed by atoms with Crippen molar-refractivity contribution in [3.05, 3.63) is 60.6 Å². The molecule has 1 fully saturated rings. The van der Waals surface area contributed by atoms with Gasteiger partial charge in [-0.15, -0.1) is 0 Å². The highest BCUT2D eigenvalue weighted by molar-refractivity contribution is 5.94. The molecule has 12 heteroatoms. The number of aromatic nitrogens is 2. The summed E-state index contributed by atoms with van der Waals surface area (Å²) in [6, 6.07) is 14.8. The summed E-state index contributed by atoms with van der Waals surface area (Å²) >= 11 is 0. The predicted molar refractivity (Wildman–Crippen MR) is 164 cm³/mol. The van der Waals surface area contributed by atoms with E-state index in [2.05, 4.69) is 15.5 Å². The van der Waals surface area contributed by atoms with Gasteiger partial charge >= 0.3 is 0 Å². The van der Waals surface area contributed by atoms with Crippen LogP contribution in [0.2, 0.25) is 0 Å². The van der Waals surface area contributed by atoms with Crippen LogP contribution in [0.15, 0.2) is 59.2 Å². The summed E-state index contributed by atoms with van der Waals surface area (Å²) in [5.41, 5.74) is 1.43. The number of carbonyl (C=O) groups excluding carboxylic acids is 1. The molecule has 5 rings (SSSR count). The summed E-state index contributed by atoms with van der Waals surface area (Å²) < 4.78 is 22.3. The van der Waals surface area contributed by atoms with Gasteiger partial charge in [0.1, 0.15) is 24.3 Å². The van der Waals surface area contributed by atoms with Crippen LogP contribution in [0, 0.1) is 0 Å². The van der Waals surface area contributed by atoms with E-state index in [1.54, 1.807) is 31.3 Å². The zero-order valence-electron chi connectivity index (χ0n) is 24.9. The molecule has 0 spiro atoms. The molecule has 1 saturated heterocycles. The fourth-order valence-corrected chi connectivity index (χ4v) is 4.77. The number of hydrogen-bond donors (Lipinski definition) is 3. The standard InChI is InChI=1S/C31H38N6O6/c1-20(2)32-18-22(38)19-43-23-8-5-7-21(15-23)33-29-24-16-27(40-3)28(41-4)17-25(24)34-31(35-29)37-12-10-36(11-13-37)30(39)26-9-6-14-42-26/h5-9,14-17,20,22,32,38H,10-13,18-19H2,1-4H3,(H,33,34,35). The Balaban J connectivity index is 1.38. The number of amides is 1. The minimum atomic E-state index is -0.635. The van der Waals surface area contributed by atoms with Crippen LogP contribution in [0.4, 0.5) is 17.5 Å². The number of aliphatic hydroxyl groups excluding tert-OH is 1. The van der Waals surface area contributed by atoms with E-state index in [-0.39, 0.29) is 18.6 Å². The van der Waals surface area contributed by atoms with Crippen LogP contribution in [-0.4, -0.2) is 91.6 Å². The Morgan fingerprint density at radius 2 is 1.79 bits per heavy atom. The number of carbonyl (C=O) groups is 1. The molecule has 0 bridgehead atoms. The Labute approximate surface area is 250 Å². The van der Waals surface area contributed by atoms with Crippen LogP contribution < -0.4 is 29.7 Å². The van der Waals surface area contributed by atoms with E-state index in [0.29, 0.717) is 73.0 Å². The van der Waals surface area contributed by atoms with Gasteiger partial charge in [0.05, 0.1) is 26.0 Å². The molecule has 1 amide bonds. The molecule has 1 unspecified atom stereocenters. The fourth-order valence-electron chi connectivity index (χ4n) is 4.77. The number of ether oxygens (including phenoxy) is 3. The Kier molecular flexibility index (Phi) is 9.48. The number of fused-ring (bicyclic) bond motifs is 1. The SMILES string of the molecule is COc1cc2nc(N3CCN(C(=O)c4ccco4)CC3)nc(Nc3cccc(OCC(O)CNC(C)C)c3)c2cc1OC. The molecule has 228 valence electrons. The highest BCUT2D eigenvalue weighted by Crippen LogP contribution is 2.36. The first kappa shape index (κ1) is 29.9. The zero-order valence-corrected chi connectivity index (χ0v) is 24.9. The molecule has 3 N–H and O–H groups in total. The lowest BCUT2D eigenvalue weighted by molar-refractivity contribution is 0.0714. The van der Waals surface area contributed by atoms with Crippen molar-refractivity contribution in [1.82, 2.24) is 20.2 Å². The summed E-state index contributed by atoms with van der Waals surface area (Å²) in [6.07, 6.45) is 0.866. The molecule has 2 aromatic heterocycles. The Hall–Kier alpha value is -4.55. The number of hydrogen-bond acceptors (Lipinski definition) is 11. The molecule has 0 radical (unpaired) electrons. The largest absolute Gasteiger partial charge is 0.493 e. The lowest BCUT2D eigenvalue weighted by Gasteiger charge is -2.34. The molecule has 2 aromatic carbocycles. The molecular formula is C31H38N6O6. The van der Waals surface area contributed by atoms with E-state index in [0.717, 1.165) is 11.1 Å². The molecule has 43 heavy (non-hydrogen) atoms. The predicted octanol–water partition coefficient (Wildman–Crippen LogP) is 3.68. The number of methoxy groups -OCH3 is 2. The average Bonchev–Trinajstić information content (AvgIpc) is 3.57. The van der Waals surface area contributed by atoms with E-state index in [4.69, 9.17) is 28.6 Å². The van der Waals surface area contributed by atoms with Crippen molar-refractivity contribution >= 4 is 34.3 Å². The van der Waals surface area contributed by atoms with Crippen LogP contribution in [0.1, 0.15) is 24.4 Å². The van der Waals surface area contributed by atoms with E-state index < -0.39 is 6.10 Å². The number of aliphatic hydroxyl groups is 1. The summed E-state index contributed by atoms with van der Waals surface area (Å²) in [5, 5.41) is 17.6. The first-order valence-corrected chi connectivity index (χ1v) is 14.3. The zero-order chi connectivity index (χ0) is 30.3. The lowest BCUT2D eigenvalue weighted by atomic mass is 10.2. The van der Waals surface area contributed by atoms with Crippen molar-refractivity contribution in [3.63, 3.8) is 0 Å². The minimum Gasteiger partial charge on any atom is -0.493 e. The van der Waals surface area contributed by atoms with Crippen LogP contribution >= 0.6 is 0 Å². The van der Waals surface area contributed by atoms with Gasteiger partial charge in [0, 0.05) is 62.0 Å². The summed E-state index contributed by atoms with van der Waals surface area (Å²) in [7, 11) is 3.17. The highest BCUT2D eigenvalue weighted by atomic mass is 16.5. The highest BCUT2D eigenvalue weighted by Gasteiger charge is 2.26. The topological polar surface area (TPSA) is 134 Å². The van der Waals surface area contributed by atoms with Gasteiger partial charge in [0.15, 0.2) is 17.3 Å². The fraction of sp³-hybridized carbons (Fsp3) is 0.387. The number of furan rings is 1. The number of nitrogens with one attached hydrogen (secondary N) is 2. The lowest BCUT2D eigenvalue weighted by Crippen LogP contribution is -2.49. The quantitative estimate of drug-likeness (QED) is 0.223. The normalized spacial score (nSPS) is 14.2. The number of nitrogens with zero attached hydrogens (tertiary/aromatic N) is 4. The van der Waals surface area contributed by atoms with Crippen LogP contribution in [0.25, 0.3) is 10.9 Å². The summed E-state index contributed by atoms with van der Waals surface area (Å²) in [5.74, 6) is 3.03. The average molecular weight is 591 g/mol. The number of rotatable bonds is 12. The van der Waals surface area contributed by atoms with Crippen molar-refractivity contribution in [2.24, 2.45) is 0 Å². The molecule has 1 atom stereocenters. The van der Waals surface area contributed by atoms with Crippen molar-refractivity contribution in [3.8, 4) is 17.2 Å². The molecule has 3 heterocycles. The molecule has 1 aliphatic heterocycles. The van der Waals surface area contributed by atoms with Crippen molar-refractivity contribution in [2.75, 3.05) is 63.8 Å². The molecular weight excluding hydrogens is 552 g/mol. The molecule has 1 aliphatic rings. The maximum absolute atomic E-state index is 12.8. The second-order valence-electron chi connectivity index (χ2n) is 10.5. The van der Waals surface area contributed by atoms with Gasteiger partial charge in [-0.2, -0.15) is 4.98 Å². The van der Waals surface area contributed by atoms with Crippen LogP contribution in [0.3, 0.4) is 0 Å². The Bertz CT molecular complexity index is 1520. The molecule has 4 aromatic rings. The molecule has 0 saturated carbocycles. The first-order chi connectivity index (χ1) is 20.8. The Morgan fingerprint density at radius 3 is 2.49 bits per heavy atom. The van der Waals surface area contributed by atoms with Gasteiger partial charge in [0.25, 0.3) is 5.91 Å². The summed E-state index contributed by atoms with van der Waals surface area (Å²) in [6.45, 7) is 6.79. The maximum atomic E-state index is 12.8. The third-order valence-electron chi connectivity index (χ3n) is 7.07. The number of benzene rings is 2. The van der Waals surface area contributed by atoms with Gasteiger partial charge in [-0.25, -0.2) is 4.98 Å². The van der Waals surface area contributed by atoms with Gasteiger partial charge in [-0.1, -0.05) is 19.9 Å². The van der Waals surface area contributed by atoms with Crippen molar-refractivity contribution in [2.45, 2.75) is 26.0 Å². The van der Waals surface area contributed by atoms with E-state index in [1.807, 2.05) is 50.2 Å². The first-order valence-electron chi connectivity index (χ1n) is 14.3. The van der Waals surface area contributed by atoms with Gasteiger partial charge in [0.2, 0.25) is 5.95 Å².